The number of benzene rings is 1. The summed E-state index contributed by atoms with van der Waals surface area (Å²) in [6.07, 6.45) is 4.20. The van der Waals surface area contributed by atoms with E-state index in [1.807, 2.05) is 24.3 Å². The number of fused-ring (bicyclic) bond motifs is 2. The summed E-state index contributed by atoms with van der Waals surface area (Å²) >= 11 is 0. The molecule has 0 fully saturated rings. The van der Waals surface area contributed by atoms with Crippen molar-refractivity contribution in [3.05, 3.63) is 48.3 Å². The SMILES string of the molecule is CC1(C)Cc2cccc(OCCNc3ccc4nccnc4n3)c2O1. The van der Waals surface area contributed by atoms with Crippen molar-refractivity contribution in [1.29, 1.82) is 0 Å². The predicted octanol–water partition coefficient (Wildman–Crippen LogP) is 3.23. The Bertz CT molecular complexity index is 911. The maximum Gasteiger partial charge on any atom is 0.180 e. The monoisotopic (exact) mass is 336 g/mol. The summed E-state index contributed by atoms with van der Waals surface area (Å²) in [6, 6.07) is 9.84. The van der Waals surface area contributed by atoms with Gasteiger partial charge in [0, 0.05) is 24.4 Å². The summed E-state index contributed by atoms with van der Waals surface area (Å²) in [7, 11) is 0. The van der Waals surface area contributed by atoms with Crippen LogP contribution in [-0.4, -0.2) is 33.7 Å². The minimum Gasteiger partial charge on any atom is -0.488 e. The number of nitrogens with zero attached hydrogens (tertiary/aromatic N) is 3. The Kier molecular flexibility index (Phi) is 3.87. The maximum atomic E-state index is 6.02. The third-order valence-corrected chi connectivity index (χ3v) is 4.05. The van der Waals surface area contributed by atoms with Crippen molar-refractivity contribution >= 4 is 17.0 Å². The molecule has 0 unspecified atom stereocenters. The number of ether oxygens (including phenoxy) is 2. The third kappa shape index (κ3) is 3.33. The lowest BCUT2D eigenvalue weighted by Gasteiger charge is -2.18. The first-order valence-corrected chi connectivity index (χ1v) is 8.36. The first-order valence-electron chi connectivity index (χ1n) is 8.36. The number of para-hydroxylation sites is 1. The zero-order valence-electron chi connectivity index (χ0n) is 14.3. The van der Waals surface area contributed by atoms with Gasteiger partial charge in [0.1, 0.15) is 23.5 Å². The molecule has 1 aromatic carbocycles. The van der Waals surface area contributed by atoms with Gasteiger partial charge in [0.2, 0.25) is 0 Å². The molecule has 0 atom stereocenters. The Morgan fingerprint density at radius 3 is 2.96 bits per heavy atom. The van der Waals surface area contributed by atoms with Crippen molar-refractivity contribution in [2.45, 2.75) is 25.9 Å². The lowest BCUT2D eigenvalue weighted by Crippen LogP contribution is -2.24. The van der Waals surface area contributed by atoms with Crippen LogP contribution in [0.4, 0.5) is 5.82 Å². The summed E-state index contributed by atoms with van der Waals surface area (Å²) in [4.78, 5) is 12.9. The van der Waals surface area contributed by atoms with E-state index in [-0.39, 0.29) is 5.60 Å². The number of rotatable bonds is 5. The lowest BCUT2D eigenvalue weighted by atomic mass is 10.0. The van der Waals surface area contributed by atoms with Gasteiger partial charge in [-0.2, -0.15) is 0 Å². The van der Waals surface area contributed by atoms with Gasteiger partial charge in [0.15, 0.2) is 17.1 Å². The molecule has 6 heteroatoms. The quantitative estimate of drug-likeness (QED) is 0.722. The van der Waals surface area contributed by atoms with E-state index < -0.39 is 0 Å². The fraction of sp³-hybridized carbons (Fsp3) is 0.316. The van der Waals surface area contributed by atoms with Gasteiger partial charge in [0.25, 0.3) is 0 Å². The van der Waals surface area contributed by atoms with E-state index in [1.54, 1.807) is 12.4 Å². The van der Waals surface area contributed by atoms with Crippen molar-refractivity contribution in [2.75, 3.05) is 18.5 Å². The van der Waals surface area contributed by atoms with E-state index in [0.717, 1.165) is 29.3 Å². The van der Waals surface area contributed by atoms with E-state index >= 15 is 0 Å². The third-order valence-electron chi connectivity index (χ3n) is 4.05. The number of anilines is 1. The Balaban J connectivity index is 1.36. The Labute approximate surface area is 146 Å². The van der Waals surface area contributed by atoms with E-state index in [0.29, 0.717) is 18.8 Å². The van der Waals surface area contributed by atoms with Crippen LogP contribution >= 0.6 is 0 Å². The van der Waals surface area contributed by atoms with Gasteiger partial charge in [0.05, 0.1) is 6.54 Å². The molecule has 0 aliphatic carbocycles. The fourth-order valence-electron chi connectivity index (χ4n) is 2.99. The molecule has 6 nitrogen and oxygen atoms in total. The summed E-state index contributed by atoms with van der Waals surface area (Å²) in [6.45, 7) is 5.32. The highest BCUT2D eigenvalue weighted by Gasteiger charge is 2.32. The average Bonchev–Trinajstić information content (AvgIpc) is 2.93. The van der Waals surface area contributed by atoms with Crippen molar-refractivity contribution in [3.63, 3.8) is 0 Å². The molecule has 0 saturated heterocycles. The van der Waals surface area contributed by atoms with E-state index in [2.05, 4.69) is 40.2 Å². The molecule has 0 bridgehead atoms. The fourth-order valence-corrected chi connectivity index (χ4v) is 2.99. The number of hydrogen-bond donors (Lipinski definition) is 1. The minimum atomic E-state index is -0.171. The zero-order valence-corrected chi connectivity index (χ0v) is 14.3. The second-order valence-electron chi connectivity index (χ2n) is 6.65. The second kappa shape index (κ2) is 6.20. The normalized spacial score (nSPS) is 14.8. The van der Waals surface area contributed by atoms with Gasteiger partial charge in [-0.3, -0.25) is 4.98 Å². The average molecular weight is 336 g/mol. The van der Waals surface area contributed by atoms with Crippen LogP contribution in [-0.2, 0) is 6.42 Å². The number of pyridine rings is 1. The van der Waals surface area contributed by atoms with E-state index in [4.69, 9.17) is 9.47 Å². The highest BCUT2D eigenvalue weighted by Crippen LogP contribution is 2.41. The van der Waals surface area contributed by atoms with Crippen molar-refractivity contribution in [1.82, 2.24) is 15.0 Å². The van der Waals surface area contributed by atoms with Crippen LogP contribution < -0.4 is 14.8 Å². The molecule has 25 heavy (non-hydrogen) atoms. The van der Waals surface area contributed by atoms with E-state index in [1.165, 1.54) is 5.56 Å². The van der Waals surface area contributed by atoms with Crippen LogP contribution in [0.1, 0.15) is 19.4 Å². The summed E-state index contributed by atoms with van der Waals surface area (Å²) < 4.78 is 11.9. The standard InChI is InChI=1S/C19H20N4O2/c1-19(2)12-13-4-3-5-15(17(13)25-19)24-11-10-21-16-7-6-14-18(23-16)22-9-8-20-14/h3-9H,10-12H2,1-2H3,(H,21,22,23). The number of aromatic nitrogens is 3. The van der Waals surface area contributed by atoms with E-state index in [9.17, 15) is 0 Å². The Morgan fingerprint density at radius 2 is 2.04 bits per heavy atom. The lowest BCUT2D eigenvalue weighted by molar-refractivity contribution is 0.132. The topological polar surface area (TPSA) is 69.2 Å². The van der Waals surface area contributed by atoms with Crippen LogP contribution in [0.3, 0.4) is 0 Å². The van der Waals surface area contributed by atoms with Crippen molar-refractivity contribution in [3.8, 4) is 11.5 Å². The molecule has 1 aliphatic rings. The second-order valence-corrected chi connectivity index (χ2v) is 6.65. The summed E-state index contributed by atoms with van der Waals surface area (Å²) in [5, 5.41) is 3.25. The van der Waals surface area contributed by atoms with Gasteiger partial charge < -0.3 is 14.8 Å². The number of hydrogen-bond acceptors (Lipinski definition) is 6. The summed E-state index contributed by atoms with van der Waals surface area (Å²) in [5.74, 6) is 2.42. The molecule has 0 amide bonds. The molecule has 1 aliphatic heterocycles. The van der Waals surface area contributed by atoms with Gasteiger partial charge >= 0.3 is 0 Å². The first-order chi connectivity index (χ1) is 12.1. The van der Waals surface area contributed by atoms with Gasteiger partial charge in [-0.25, -0.2) is 9.97 Å². The molecule has 0 saturated carbocycles. The smallest absolute Gasteiger partial charge is 0.180 e. The van der Waals surface area contributed by atoms with Crippen LogP contribution in [0.15, 0.2) is 42.7 Å². The van der Waals surface area contributed by atoms with Crippen LogP contribution in [0, 0.1) is 0 Å². The largest absolute Gasteiger partial charge is 0.488 e. The molecular weight excluding hydrogens is 316 g/mol. The van der Waals surface area contributed by atoms with Gasteiger partial charge in [-0.1, -0.05) is 12.1 Å². The molecule has 3 aromatic rings. The van der Waals surface area contributed by atoms with Crippen molar-refractivity contribution in [2.24, 2.45) is 0 Å². The van der Waals surface area contributed by atoms with Crippen LogP contribution in [0.2, 0.25) is 0 Å². The highest BCUT2D eigenvalue weighted by molar-refractivity contribution is 5.71. The molecule has 0 spiro atoms. The minimum absolute atomic E-state index is 0.171. The molecule has 0 radical (unpaired) electrons. The molecule has 3 heterocycles. The molecule has 2 aromatic heterocycles. The van der Waals surface area contributed by atoms with Crippen LogP contribution in [0.5, 0.6) is 11.5 Å². The first kappa shape index (κ1) is 15.6. The molecule has 1 N–H and O–H groups in total. The van der Waals surface area contributed by atoms with Crippen molar-refractivity contribution < 1.29 is 9.47 Å². The molecule has 4 rings (SSSR count). The highest BCUT2D eigenvalue weighted by atomic mass is 16.5. The van der Waals surface area contributed by atoms with Crippen LogP contribution in [0.25, 0.3) is 11.2 Å². The zero-order chi connectivity index (χ0) is 17.3. The molecule has 128 valence electrons. The maximum absolute atomic E-state index is 6.02. The van der Waals surface area contributed by atoms with Gasteiger partial charge in [-0.05, 0) is 32.0 Å². The summed E-state index contributed by atoms with van der Waals surface area (Å²) in [5.41, 5.74) is 2.44. The Hall–Kier alpha value is -2.89. The predicted molar refractivity (Wildman–Crippen MR) is 96.2 cm³/mol. The number of nitrogens with one attached hydrogen (secondary N) is 1. The Morgan fingerprint density at radius 1 is 1.16 bits per heavy atom. The van der Waals surface area contributed by atoms with Gasteiger partial charge in [-0.15, -0.1) is 0 Å². The molecular formula is C19H20N4O2.